The minimum atomic E-state index is -3.51. The Morgan fingerprint density at radius 1 is 1.41 bits per heavy atom. The van der Waals surface area contributed by atoms with Gasteiger partial charge in [0.15, 0.2) is 0 Å². The summed E-state index contributed by atoms with van der Waals surface area (Å²) in [6.07, 6.45) is -0.163. The van der Waals surface area contributed by atoms with Crippen molar-refractivity contribution >= 4 is 16.0 Å². The molecular weight excluding hydrogens is 246 g/mol. The van der Waals surface area contributed by atoms with Gasteiger partial charge in [-0.3, -0.25) is 4.79 Å². The molecule has 0 fully saturated rings. The van der Waals surface area contributed by atoms with Crippen molar-refractivity contribution in [1.82, 2.24) is 4.72 Å². The second-order valence-electron chi connectivity index (χ2n) is 3.94. The monoisotopic (exact) mass is 267 g/mol. The first-order valence-electron chi connectivity index (χ1n) is 5.58. The van der Waals surface area contributed by atoms with E-state index in [4.69, 9.17) is 5.11 Å². The number of carbonyl (C=O) groups is 1. The second kappa shape index (κ2) is 7.62. The van der Waals surface area contributed by atoms with E-state index in [0.29, 0.717) is 0 Å². The molecule has 0 aromatic rings. The van der Waals surface area contributed by atoms with Crippen LogP contribution in [0.2, 0.25) is 0 Å². The van der Waals surface area contributed by atoms with Crippen LogP contribution in [0.3, 0.4) is 0 Å². The summed E-state index contributed by atoms with van der Waals surface area (Å²) in [6, 6.07) is -0.368. The SMILES string of the molecule is CCOC(=O)CCS(=O)(=O)NC(C)C(C)CO. The maximum absolute atomic E-state index is 11.6. The van der Waals surface area contributed by atoms with Gasteiger partial charge in [0.1, 0.15) is 0 Å². The lowest BCUT2D eigenvalue weighted by atomic mass is 10.1. The lowest BCUT2D eigenvalue weighted by Crippen LogP contribution is -2.39. The zero-order chi connectivity index (χ0) is 13.5. The predicted octanol–water partition coefficient (Wildman–Crippen LogP) is -0.124. The van der Waals surface area contributed by atoms with Gasteiger partial charge in [0.25, 0.3) is 0 Å². The van der Waals surface area contributed by atoms with Gasteiger partial charge in [-0.15, -0.1) is 0 Å². The van der Waals surface area contributed by atoms with Crippen LogP contribution in [-0.4, -0.2) is 44.5 Å². The number of hydrogen-bond donors (Lipinski definition) is 2. The van der Waals surface area contributed by atoms with Crippen LogP contribution in [0.1, 0.15) is 27.2 Å². The molecule has 0 aromatic carbocycles. The molecule has 7 heteroatoms. The van der Waals surface area contributed by atoms with Crippen molar-refractivity contribution in [3.8, 4) is 0 Å². The lowest BCUT2D eigenvalue weighted by Gasteiger charge is -2.18. The van der Waals surface area contributed by atoms with Crippen molar-refractivity contribution in [1.29, 1.82) is 0 Å². The van der Waals surface area contributed by atoms with Crippen LogP contribution in [0.4, 0.5) is 0 Å². The fraction of sp³-hybridized carbons (Fsp3) is 0.900. The zero-order valence-electron chi connectivity index (χ0n) is 10.5. The zero-order valence-corrected chi connectivity index (χ0v) is 11.3. The molecule has 2 N–H and O–H groups in total. The van der Waals surface area contributed by atoms with Gasteiger partial charge in [0, 0.05) is 12.6 Å². The molecule has 0 saturated carbocycles. The van der Waals surface area contributed by atoms with Crippen LogP contribution in [0.25, 0.3) is 0 Å². The summed E-state index contributed by atoms with van der Waals surface area (Å²) in [4.78, 5) is 11.0. The van der Waals surface area contributed by atoms with Crippen LogP contribution >= 0.6 is 0 Å². The fourth-order valence-electron chi connectivity index (χ4n) is 1.07. The molecule has 0 aromatic heterocycles. The van der Waals surface area contributed by atoms with E-state index in [1.165, 1.54) is 0 Å². The normalized spacial score (nSPS) is 15.3. The molecule has 0 aliphatic carbocycles. The maximum Gasteiger partial charge on any atom is 0.306 e. The molecule has 17 heavy (non-hydrogen) atoms. The Labute approximate surface area is 102 Å². The third kappa shape index (κ3) is 7.30. The molecule has 6 nitrogen and oxygen atoms in total. The Morgan fingerprint density at radius 2 is 2.00 bits per heavy atom. The number of ether oxygens (including phenoxy) is 1. The van der Waals surface area contributed by atoms with Crippen LogP contribution in [0.5, 0.6) is 0 Å². The number of hydrogen-bond acceptors (Lipinski definition) is 5. The first-order valence-corrected chi connectivity index (χ1v) is 7.24. The maximum atomic E-state index is 11.6. The highest BCUT2D eigenvalue weighted by Crippen LogP contribution is 2.03. The van der Waals surface area contributed by atoms with E-state index < -0.39 is 16.0 Å². The average Bonchev–Trinajstić information content (AvgIpc) is 2.25. The van der Waals surface area contributed by atoms with Gasteiger partial charge in [-0.1, -0.05) is 6.92 Å². The number of aliphatic hydroxyl groups excluding tert-OH is 1. The van der Waals surface area contributed by atoms with Gasteiger partial charge in [0.2, 0.25) is 10.0 Å². The van der Waals surface area contributed by atoms with Crippen molar-refractivity contribution in [3.05, 3.63) is 0 Å². The molecule has 2 unspecified atom stereocenters. The number of nitrogens with one attached hydrogen (secondary N) is 1. The van der Waals surface area contributed by atoms with E-state index in [1.54, 1.807) is 20.8 Å². The highest BCUT2D eigenvalue weighted by atomic mass is 32.2. The Hall–Kier alpha value is -0.660. The van der Waals surface area contributed by atoms with E-state index in [9.17, 15) is 13.2 Å². The summed E-state index contributed by atoms with van der Waals surface area (Å²) < 4.78 is 30.2. The molecule has 0 bridgehead atoms. The van der Waals surface area contributed by atoms with Gasteiger partial charge >= 0.3 is 5.97 Å². The summed E-state index contributed by atoms with van der Waals surface area (Å²) in [5.41, 5.74) is 0. The van der Waals surface area contributed by atoms with E-state index in [1.807, 2.05) is 0 Å². The molecule has 0 aliphatic rings. The molecule has 2 atom stereocenters. The van der Waals surface area contributed by atoms with Crippen LogP contribution in [0.15, 0.2) is 0 Å². The molecule has 102 valence electrons. The third-order valence-corrected chi connectivity index (χ3v) is 3.86. The summed E-state index contributed by atoms with van der Waals surface area (Å²) >= 11 is 0. The van der Waals surface area contributed by atoms with Gasteiger partial charge in [-0.2, -0.15) is 0 Å². The smallest absolute Gasteiger partial charge is 0.306 e. The summed E-state index contributed by atoms with van der Waals surface area (Å²) in [6.45, 7) is 5.21. The van der Waals surface area contributed by atoms with Crippen molar-refractivity contribution in [2.45, 2.75) is 33.2 Å². The molecular formula is C10H21NO5S. The first kappa shape index (κ1) is 16.3. The minimum absolute atomic E-state index is 0.0957. The van der Waals surface area contributed by atoms with Gasteiger partial charge in [-0.05, 0) is 19.8 Å². The predicted molar refractivity (Wildman–Crippen MR) is 63.9 cm³/mol. The Morgan fingerprint density at radius 3 is 2.47 bits per heavy atom. The van der Waals surface area contributed by atoms with E-state index in [0.717, 1.165) is 0 Å². The fourth-order valence-corrected chi connectivity index (χ4v) is 2.42. The van der Waals surface area contributed by atoms with Crippen LogP contribution in [-0.2, 0) is 19.6 Å². The number of carbonyl (C=O) groups excluding carboxylic acids is 1. The number of sulfonamides is 1. The highest BCUT2D eigenvalue weighted by Gasteiger charge is 2.20. The number of esters is 1. The van der Waals surface area contributed by atoms with Crippen molar-refractivity contribution < 1.29 is 23.1 Å². The van der Waals surface area contributed by atoms with Gasteiger partial charge < -0.3 is 9.84 Å². The van der Waals surface area contributed by atoms with E-state index >= 15 is 0 Å². The van der Waals surface area contributed by atoms with Crippen LogP contribution in [0, 0.1) is 5.92 Å². The van der Waals surface area contributed by atoms with Crippen LogP contribution < -0.4 is 4.72 Å². The lowest BCUT2D eigenvalue weighted by molar-refractivity contribution is -0.142. The molecule has 0 aliphatic heterocycles. The molecule has 0 rings (SSSR count). The largest absolute Gasteiger partial charge is 0.466 e. The quantitative estimate of drug-likeness (QED) is 0.598. The van der Waals surface area contributed by atoms with Gasteiger partial charge in [0.05, 0.1) is 18.8 Å². The topological polar surface area (TPSA) is 92.7 Å². The molecule has 0 spiro atoms. The third-order valence-electron chi connectivity index (χ3n) is 2.39. The minimum Gasteiger partial charge on any atom is -0.466 e. The van der Waals surface area contributed by atoms with E-state index in [-0.39, 0.29) is 37.3 Å². The van der Waals surface area contributed by atoms with Gasteiger partial charge in [-0.25, -0.2) is 13.1 Å². The Kier molecular flexibility index (Phi) is 7.33. The first-order chi connectivity index (χ1) is 7.82. The Bertz CT molecular complexity index is 328. The molecule has 0 radical (unpaired) electrons. The highest BCUT2D eigenvalue weighted by molar-refractivity contribution is 7.89. The molecule has 0 amide bonds. The average molecular weight is 267 g/mol. The summed E-state index contributed by atoms with van der Waals surface area (Å²) in [5.74, 6) is -0.998. The van der Waals surface area contributed by atoms with Crippen molar-refractivity contribution in [2.24, 2.45) is 5.92 Å². The second-order valence-corrected chi connectivity index (χ2v) is 5.81. The number of aliphatic hydroxyl groups is 1. The van der Waals surface area contributed by atoms with E-state index in [2.05, 4.69) is 9.46 Å². The summed E-state index contributed by atoms with van der Waals surface area (Å²) in [5, 5.41) is 8.88. The Balaban J connectivity index is 4.17. The standard InChI is InChI=1S/C10H21NO5S/c1-4-16-10(13)5-6-17(14,15)11-9(3)8(2)7-12/h8-9,11-12H,4-7H2,1-3H3. The van der Waals surface area contributed by atoms with Crippen molar-refractivity contribution in [2.75, 3.05) is 19.0 Å². The number of rotatable bonds is 8. The summed E-state index contributed by atoms with van der Waals surface area (Å²) in [7, 11) is -3.51. The molecule has 0 saturated heterocycles. The van der Waals surface area contributed by atoms with Crippen molar-refractivity contribution in [3.63, 3.8) is 0 Å². The molecule has 0 heterocycles.